The minimum atomic E-state index is -1.05. The number of aromatic carboxylic acids is 1. The van der Waals surface area contributed by atoms with Crippen LogP contribution in [0.3, 0.4) is 0 Å². The van der Waals surface area contributed by atoms with Crippen LogP contribution >= 0.6 is 11.6 Å². The number of rotatable bonds is 8. The van der Waals surface area contributed by atoms with E-state index in [1.807, 2.05) is 24.3 Å². The molecule has 0 radical (unpaired) electrons. The van der Waals surface area contributed by atoms with E-state index in [1.54, 1.807) is 19.1 Å². The molecule has 0 aliphatic carbocycles. The number of carbonyl (C=O) groups is 1. The first kappa shape index (κ1) is 21.2. The summed E-state index contributed by atoms with van der Waals surface area (Å²) in [6, 6.07) is 13.0. The average Bonchev–Trinajstić information content (AvgIpc) is 2.76. The van der Waals surface area contributed by atoms with Gasteiger partial charge in [0, 0.05) is 7.05 Å². The summed E-state index contributed by atoms with van der Waals surface area (Å²) < 4.78 is 11.9. The average molecular weight is 430 g/mol. The Kier molecular flexibility index (Phi) is 6.58. The molecule has 1 heterocycles. The Bertz CT molecular complexity index is 1080. The number of halogens is 1. The van der Waals surface area contributed by atoms with E-state index < -0.39 is 11.5 Å². The maximum absolute atomic E-state index is 12.7. The maximum atomic E-state index is 12.7. The van der Waals surface area contributed by atoms with Crippen molar-refractivity contribution in [3.05, 3.63) is 75.7 Å². The summed E-state index contributed by atoms with van der Waals surface area (Å²) in [6.07, 6.45) is 1.49. The molecule has 0 spiro atoms. The number of anilines is 1. The van der Waals surface area contributed by atoms with Gasteiger partial charge in [-0.2, -0.15) is 9.78 Å². The minimum Gasteiger partial charge on any atom is -0.497 e. The molecule has 156 valence electrons. The zero-order valence-electron chi connectivity index (χ0n) is 16.4. The molecule has 9 heteroatoms. The predicted octanol–water partition coefficient (Wildman–Crippen LogP) is 3.11. The van der Waals surface area contributed by atoms with Gasteiger partial charge in [0.1, 0.15) is 23.1 Å². The standard InChI is InChI=1S/C21H20ClN3O5/c1-24(11-12-30-17-9-7-16(29-2)8-10-17)18-13-23-25(20(26)19(18)22)15-5-3-14(4-6-15)21(27)28/h3-10,13H,11-12H2,1-2H3,(H,27,28). The van der Waals surface area contributed by atoms with Crippen LogP contribution in [0.4, 0.5) is 5.69 Å². The number of hydrogen-bond acceptors (Lipinski definition) is 6. The maximum Gasteiger partial charge on any atom is 0.335 e. The lowest BCUT2D eigenvalue weighted by Crippen LogP contribution is -2.29. The third-order valence-electron chi connectivity index (χ3n) is 4.43. The van der Waals surface area contributed by atoms with Crippen molar-refractivity contribution in [3.63, 3.8) is 0 Å². The molecule has 3 aromatic rings. The fourth-order valence-corrected chi connectivity index (χ4v) is 2.99. The van der Waals surface area contributed by atoms with Crippen molar-refractivity contribution < 1.29 is 19.4 Å². The van der Waals surface area contributed by atoms with Gasteiger partial charge < -0.3 is 19.5 Å². The highest BCUT2D eigenvalue weighted by Crippen LogP contribution is 2.21. The van der Waals surface area contributed by atoms with Crippen LogP contribution in [0.1, 0.15) is 10.4 Å². The van der Waals surface area contributed by atoms with Crippen LogP contribution in [0.2, 0.25) is 5.02 Å². The van der Waals surface area contributed by atoms with Gasteiger partial charge in [-0.3, -0.25) is 4.79 Å². The number of methoxy groups -OCH3 is 1. The van der Waals surface area contributed by atoms with Gasteiger partial charge in [0.05, 0.1) is 36.8 Å². The molecule has 3 rings (SSSR count). The van der Waals surface area contributed by atoms with Crippen molar-refractivity contribution in [2.45, 2.75) is 0 Å². The number of hydrogen-bond donors (Lipinski definition) is 1. The fraction of sp³-hybridized carbons (Fsp3) is 0.190. The van der Waals surface area contributed by atoms with Crippen LogP contribution in [0.5, 0.6) is 11.5 Å². The van der Waals surface area contributed by atoms with E-state index in [2.05, 4.69) is 5.10 Å². The predicted molar refractivity (Wildman–Crippen MR) is 114 cm³/mol. The number of nitrogens with zero attached hydrogens (tertiary/aromatic N) is 3. The molecule has 0 unspecified atom stereocenters. The molecule has 1 aromatic heterocycles. The van der Waals surface area contributed by atoms with Gasteiger partial charge in [-0.1, -0.05) is 11.6 Å². The summed E-state index contributed by atoms with van der Waals surface area (Å²) in [7, 11) is 3.38. The molecule has 0 saturated carbocycles. The molecule has 0 aliphatic heterocycles. The fourth-order valence-electron chi connectivity index (χ4n) is 2.71. The highest BCUT2D eigenvalue weighted by Gasteiger charge is 2.14. The lowest BCUT2D eigenvalue weighted by molar-refractivity contribution is 0.0697. The molecule has 0 fully saturated rings. The van der Waals surface area contributed by atoms with Crippen molar-refractivity contribution in [2.75, 3.05) is 32.2 Å². The van der Waals surface area contributed by atoms with Gasteiger partial charge >= 0.3 is 5.97 Å². The van der Waals surface area contributed by atoms with E-state index in [4.69, 9.17) is 26.2 Å². The van der Waals surface area contributed by atoms with E-state index in [1.165, 1.54) is 30.5 Å². The minimum absolute atomic E-state index is 0.0132. The number of benzene rings is 2. The Hall–Kier alpha value is -3.52. The Labute approximate surface area is 177 Å². The molecule has 1 N–H and O–H groups in total. The second-order valence-electron chi connectivity index (χ2n) is 6.36. The van der Waals surface area contributed by atoms with Crippen molar-refractivity contribution in [2.24, 2.45) is 0 Å². The number of aromatic nitrogens is 2. The first-order chi connectivity index (χ1) is 14.4. The van der Waals surface area contributed by atoms with E-state index >= 15 is 0 Å². The van der Waals surface area contributed by atoms with Gasteiger partial charge in [0.15, 0.2) is 0 Å². The lowest BCUT2D eigenvalue weighted by atomic mass is 10.2. The lowest BCUT2D eigenvalue weighted by Gasteiger charge is -2.20. The zero-order valence-corrected chi connectivity index (χ0v) is 17.2. The largest absolute Gasteiger partial charge is 0.497 e. The van der Waals surface area contributed by atoms with Gasteiger partial charge in [0.25, 0.3) is 5.56 Å². The van der Waals surface area contributed by atoms with Crippen molar-refractivity contribution >= 4 is 23.3 Å². The van der Waals surface area contributed by atoms with E-state index in [0.717, 1.165) is 10.4 Å². The number of ether oxygens (including phenoxy) is 2. The molecule has 0 amide bonds. The monoisotopic (exact) mass is 429 g/mol. The summed E-state index contributed by atoms with van der Waals surface area (Å²) in [4.78, 5) is 25.4. The van der Waals surface area contributed by atoms with E-state index in [-0.39, 0.29) is 10.6 Å². The van der Waals surface area contributed by atoms with Crippen LogP contribution in [-0.4, -0.2) is 48.2 Å². The third kappa shape index (κ3) is 4.72. The van der Waals surface area contributed by atoms with E-state index in [9.17, 15) is 9.59 Å². The van der Waals surface area contributed by atoms with E-state index in [0.29, 0.717) is 30.3 Å². The molecule has 2 aromatic carbocycles. The topological polar surface area (TPSA) is 93.9 Å². The normalized spacial score (nSPS) is 10.5. The van der Waals surface area contributed by atoms with Gasteiger partial charge in [-0.25, -0.2) is 4.79 Å². The third-order valence-corrected chi connectivity index (χ3v) is 4.78. The van der Waals surface area contributed by atoms with Crippen molar-refractivity contribution in [3.8, 4) is 17.2 Å². The number of carboxylic acids is 1. The van der Waals surface area contributed by atoms with Crippen LogP contribution in [0, 0.1) is 0 Å². The Morgan fingerprint density at radius 2 is 1.77 bits per heavy atom. The molecule has 0 bridgehead atoms. The van der Waals surface area contributed by atoms with Crippen molar-refractivity contribution in [1.29, 1.82) is 0 Å². The summed E-state index contributed by atoms with van der Waals surface area (Å²) in [5.41, 5.74) is 0.508. The number of likely N-dealkylation sites (N-methyl/N-ethyl adjacent to an activating group) is 1. The quantitative estimate of drug-likeness (QED) is 0.588. The molecule has 0 atom stereocenters. The first-order valence-electron chi connectivity index (χ1n) is 9.00. The first-order valence-corrected chi connectivity index (χ1v) is 9.38. The summed E-state index contributed by atoms with van der Waals surface area (Å²) in [5.74, 6) is 0.401. The summed E-state index contributed by atoms with van der Waals surface area (Å²) >= 11 is 6.29. The summed E-state index contributed by atoms with van der Waals surface area (Å²) in [5, 5.41) is 13.2. The molecule has 0 aliphatic rings. The van der Waals surface area contributed by atoms with Gasteiger partial charge in [-0.15, -0.1) is 0 Å². The Morgan fingerprint density at radius 1 is 1.13 bits per heavy atom. The van der Waals surface area contributed by atoms with Gasteiger partial charge in [0.2, 0.25) is 0 Å². The smallest absolute Gasteiger partial charge is 0.335 e. The van der Waals surface area contributed by atoms with Crippen LogP contribution in [0.15, 0.2) is 59.5 Å². The molecular weight excluding hydrogens is 410 g/mol. The highest BCUT2D eigenvalue weighted by molar-refractivity contribution is 6.33. The Morgan fingerprint density at radius 3 is 2.37 bits per heavy atom. The SMILES string of the molecule is COc1ccc(OCCN(C)c2cnn(-c3ccc(C(=O)O)cc3)c(=O)c2Cl)cc1. The summed E-state index contributed by atoms with van der Waals surface area (Å²) in [6.45, 7) is 0.850. The van der Waals surface area contributed by atoms with Crippen LogP contribution < -0.4 is 19.9 Å². The van der Waals surface area contributed by atoms with Gasteiger partial charge in [-0.05, 0) is 48.5 Å². The number of carboxylic acid groups (broad SMARTS) is 1. The molecule has 30 heavy (non-hydrogen) atoms. The second kappa shape index (κ2) is 9.32. The molecule has 0 saturated heterocycles. The molecular formula is C21H20ClN3O5. The van der Waals surface area contributed by atoms with Crippen LogP contribution in [-0.2, 0) is 0 Å². The van der Waals surface area contributed by atoms with Crippen LogP contribution in [0.25, 0.3) is 5.69 Å². The molecule has 8 nitrogen and oxygen atoms in total. The van der Waals surface area contributed by atoms with Crippen molar-refractivity contribution in [1.82, 2.24) is 9.78 Å². The highest BCUT2D eigenvalue weighted by atomic mass is 35.5. The zero-order chi connectivity index (χ0) is 21.7. The second-order valence-corrected chi connectivity index (χ2v) is 6.74. The Balaban J connectivity index is 1.69.